The predicted molar refractivity (Wildman–Crippen MR) is 53.2 cm³/mol. The minimum atomic E-state index is -0.973. The third-order valence-electron chi connectivity index (χ3n) is 2.75. The van der Waals surface area contributed by atoms with Crippen LogP contribution in [0.15, 0.2) is 0 Å². The molecule has 1 fully saturated rings. The molecule has 0 aromatic heterocycles. The summed E-state index contributed by atoms with van der Waals surface area (Å²) < 4.78 is 0. The first-order valence-electron chi connectivity index (χ1n) is 4.48. The Hall–Kier alpha value is 0.200. The van der Waals surface area contributed by atoms with Gasteiger partial charge in [0, 0.05) is 0 Å². The molecule has 1 rings (SSSR count). The first-order chi connectivity index (χ1) is 6.02. The molecule has 4 nitrogen and oxygen atoms in total. The summed E-state index contributed by atoms with van der Waals surface area (Å²) in [5.74, 6) is -3.00. The molecule has 5 heteroatoms. The van der Waals surface area contributed by atoms with Gasteiger partial charge in [0.25, 0.3) is 0 Å². The van der Waals surface area contributed by atoms with Crippen LogP contribution in [-0.4, -0.2) is 59.9 Å². The van der Waals surface area contributed by atoms with Crippen LogP contribution in [0.2, 0.25) is 0 Å². The topological polar surface area (TPSA) is 74.6 Å². The molecule has 0 bridgehead atoms. The molecule has 1 saturated carbocycles. The molecule has 0 saturated heterocycles. The van der Waals surface area contributed by atoms with Crippen molar-refractivity contribution in [2.24, 2.45) is 17.8 Å². The molecule has 78 valence electrons. The van der Waals surface area contributed by atoms with Crippen LogP contribution in [0.3, 0.4) is 0 Å². The van der Waals surface area contributed by atoms with Crippen LogP contribution in [0.4, 0.5) is 0 Å². The molecule has 1 aliphatic carbocycles. The van der Waals surface area contributed by atoms with Crippen molar-refractivity contribution in [2.45, 2.75) is 26.2 Å². The quantitative estimate of drug-likeness (QED) is 0.693. The van der Waals surface area contributed by atoms with Crippen molar-refractivity contribution < 1.29 is 22.7 Å². The molecule has 3 unspecified atom stereocenters. The van der Waals surface area contributed by atoms with E-state index in [0.29, 0.717) is 18.8 Å². The van der Waals surface area contributed by atoms with Crippen LogP contribution in [0.5, 0.6) is 0 Å². The van der Waals surface area contributed by atoms with E-state index in [1.165, 1.54) is 0 Å². The summed E-state index contributed by atoms with van der Waals surface area (Å²) in [5.41, 5.74) is 0. The fraction of sp³-hybridized carbons (Fsp3) is 0.778. The molecule has 3 atom stereocenters. The molecule has 1 aliphatic rings. The molecule has 0 radical (unpaired) electrons. The maximum atomic E-state index is 10.8. The van der Waals surface area contributed by atoms with Gasteiger partial charge >= 0.3 is 49.7 Å². The standard InChI is InChI=1S/C9H14O4.Ca.2H/c1-5-2-3-6(8(10)11)7(4-5)9(12)13;;;/h5-7H,2-4H2,1H3,(H,10,11)(H,12,13);;;/q;+2;2*-1. The Morgan fingerprint density at radius 2 is 1.64 bits per heavy atom. The second-order valence-corrected chi connectivity index (χ2v) is 3.81. The molecule has 0 amide bonds. The summed E-state index contributed by atoms with van der Waals surface area (Å²) in [5, 5.41) is 17.6. The molecule has 2 N–H and O–H groups in total. The van der Waals surface area contributed by atoms with E-state index in [1.807, 2.05) is 6.92 Å². The number of carboxylic acid groups (broad SMARTS) is 2. The van der Waals surface area contributed by atoms with Crippen LogP contribution in [0.1, 0.15) is 29.0 Å². The number of rotatable bonds is 2. The van der Waals surface area contributed by atoms with Crippen molar-refractivity contribution >= 4 is 49.7 Å². The Morgan fingerprint density at radius 3 is 2.07 bits per heavy atom. The Balaban J connectivity index is -0.000000563. The zero-order valence-electron chi connectivity index (χ0n) is 10.3. The second kappa shape index (κ2) is 5.93. The largest absolute Gasteiger partial charge is 2.00 e. The van der Waals surface area contributed by atoms with Gasteiger partial charge in [0.2, 0.25) is 0 Å². The summed E-state index contributed by atoms with van der Waals surface area (Å²) in [7, 11) is 0. The fourth-order valence-corrected chi connectivity index (χ4v) is 1.95. The number of aliphatic carboxylic acids is 2. The zero-order valence-corrected chi connectivity index (χ0v) is 10.5. The molecular weight excluding hydrogens is 212 g/mol. The smallest absolute Gasteiger partial charge is 1.00 e. The normalized spacial score (nSPS) is 31.6. The van der Waals surface area contributed by atoms with E-state index in [2.05, 4.69) is 0 Å². The predicted octanol–water partition coefficient (Wildman–Crippen LogP) is 1.05. The van der Waals surface area contributed by atoms with Crippen molar-refractivity contribution in [3.8, 4) is 0 Å². The van der Waals surface area contributed by atoms with E-state index >= 15 is 0 Å². The van der Waals surface area contributed by atoms with Gasteiger partial charge in [-0.3, -0.25) is 9.59 Å². The van der Waals surface area contributed by atoms with Crippen LogP contribution >= 0.6 is 0 Å². The maximum Gasteiger partial charge on any atom is 2.00 e. The fourth-order valence-electron chi connectivity index (χ4n) is 1.95. The van der Waals surface area contributed by atoms with Crippen LogP contribution < -0.4 is 0 Å². The summed E-state index contributed by atoms with van der Waals surface area (Å²) in [6.45, 7) is 1.97. The minimum absolute atomic E-state index is 0. The van der Waals surface area contributed by atoms with Gasteiger partial charge in [0.05, 0.1) is 11.8 Å². The number of hydrogen-bond donors (Lipinski definition) is 2. The molecule has 0 aliphatic heterocycles. The van der Waals surface area contributed by atoms with E-state index in [4.69, 9.17) is 10.2 Å². The van der Waals surface area contributed by atoms with Gasteiger partial charge in [-0.25, -0.2) is 0 Å². The van der Waals surface area contributed by atoms with Gasteiger partial charge in [0.15, 0.2) is 0 Å². The number of hydrogen-bond acceptors (Lipinski definition) is 2. The SMILES string of the molecule is CC1CCC(C(=O)O)C(C(=O)O)C1.[Ca+2].[H-].[H-]. The Bertz CT molecular complexity index is 238. The van der Waals surface area contributed by atoms with Crippen LogP contribution in [0, 0.1) is 17.8 Å². The van der Waals surface area contributed by atoms with Crippen LogP contribution in [0.25, 0.3) is 0 Å². The Morgan fingerprint density at radius 1 is 1.14 bits per heavy atom. The first kappa shape index (κ1) is 14.2. The van der Waals surface area contributed by atoms with Gasteiger partial charge in [0.1, 0.15) is 0 Å². The van der Waals surface area contributed by atoms with Gasteiger partial charge in [-0.2, -0.15) is 0 Å². The third kappa shape index (κ3) is 3.40. The summed E-state index contributed by atoms with van der Waals surface area (Å²) >= 11 is 0. The monoisotopic (exact) mass is 228 g/mol. The number of carbonyl (C=O) groups is 2. The molecule has 0 spiro atoms. The molecule has 0 aromatic rings. The Labute approximate surface area is 116 Å². The number of carboxylic acids is 2. The van der Waals surface area contributed by atoms with E-state index in [1.54, 1.807) is 0 Å². The van der Waals surface area contributed by atoms with Gasteiger partial charge in [-0.1, -0.05) is 6.92 Å². The zero-order chi connectivity index (χ0) is 10.0. The summed E-state index contributed by atoms with van der Waals surface area (Å²) in [6, 6.07) is 0. The van der Waals surface area contributed by atoms with E-state index in [-0.39, 0.29) is 40.6 Å². The van der Waals surface area contributed by atoms with E-state index in [0.717, 1.165) is 6.42 Å². The van der Waals surface area contributed by atoms with Gasteiger partial charge < -0.3 is 13.1 Å². The van der Waals surface area contributed by atoms with Crippen molar-refractivity contribution in [3.63, 3.8) is 0 Å². The Kier molecular flexibility index (Phi) is 6.02. The van der Waals surface area contributed by atoms with E-state index in [9.17, 15) is 9.59 Å². The summed E-state index contributed by atoms with van der Waals surface area (Å²) in [6.07, 6.45) is 1.81. The molecular formula is C9H16CaO4. The molecule has 14 heavy (non-hydrogen) atoms. The van der Waals surface area contributed by atoms with Crippen molar-refractivity contribution in [2.75, 3.05) is 0 Å². The molecule has 0 aromatic carbocycles. The average molecular weight is 228 g/mol. The molecule has 0 heterocycles. The first-order valence-corrected chi connectivity index (χ1v) is 4.48. The van der Waals surface area contributed by atoms with Crippen LogP contribution in [-0.2, 0) is 9.59 Å². The van der Waals surface area contributed by atoms with Crippen molar-refractivity contribution in [1.82, 2.24) is 0 Å². The van der Waals surface area contributed by atoms with Crippen molar-refractivity contribution in [1.29, 1.82) is 0 Å². The average Bonchev–Trinajstić information content (AvgIpc) is 2.03. The third-order valence-corrected chi connectivity index (χ3v) is 2.75. The summed E-state index contributed by atoms with van der Waals surface area (Å²) in [4.78, 5) is 21.5. The second-order valence-electron chi connectivity index (χ2n) is 3.81. The van der Waals surface area contributed by atoms with Crippen molar-refractivity contribution in [3.05, 3.63) is 0 Å². The minimum Gasteiger partial charge on any atom is -1.00 e. The van der Waals surface area contributed by atoms with Gasteiger partial charge in [-0.15, -0.1) is 0 Å². The maximum absolute atomic E-state index is 10.8. The van der Waals surface area contributed by atoms with E-state index < -0.39 is 23.8 Å². The van der Waals surface area contributed by atoms with Gasteiger partial charge in [-0.05, 0) is 25.2 Å².